The Bertz CT molecular complexity index is 1140. The molecule has 0 aliphatic heterocycles. The Hall–Kier alpha value is -3.35. The Labute approximate surface area is 146 Å². The van der Waals surface area contributed by atoms with E-state index in [-0.39, 0.29) is 30.2 Å². The van der Waals surface area contributed by atoms with Gasteiger partial charge in [0.2, 0.25) is 5.88 Å². The lowest BCUT2D eigenvalue weighted by Crippen LogP contribution is -2.14. The Balaban J connectivity index is 1.67. The summed E-state index contributed by atoms with van der Waals surface area (Å²) in [5, 5.41) is 11.3. The Morgan fingerprint density at radius 3 is 2.62 bits per heavy atom. The van der Waals surface area contributed by atoms with E-state index in [0.29, 0.717) is 0 Å². The molecule has 5 nitrogen and oxygen atoms in total. The van der Waals surface area contributed by atoms with Crippen LogP contribution >= 0.6 is 0 Å². The summed E-state index contributed by atoms with van der Waals surface area (Å²) in [4.78, 5) is 15.2. The molecular weight excluding hydrogens is 342 g/mol. The van der Waals surface area contributed by atoms with E-state index in [1.54, 1.807) is 6.20 Å². The zero-order chi connectivity index (χ0) is 18.3. The van der Waals surface area contributed by atoms with E-state index in [2.05, 4.69) is 4.98 Å². The van der Waals surface area contributed by atoms with Gasteiger partial charge >= 0.3 is 5.76 Å². The summed E-state index contributed by atoms with van der Waals surface area (Å²) in [6.07, 6.45) is 1.99. The highest BCUT2D eigenvalue weighted by Crippen LogP contribution is 2.25. The van der Waals surface area contributed by atoms with Crippen LogP contribution in [0.4, 0.5) is 8.78 Å². The van der Waals surface area contributed by atoms with Gasteiger partial charge in [0.05, 0.1) is 6.54 Å². The van der Waals surface area contributed by atoms with Crippen molar-refractivity contribution in [2.75, 3.05) is 0 Å². The molecule has 2 aromatic heterocycles. The van der Waals surface area contributed by atoms with E-state index in [9.17, 15) is 18.7 Å². The summed E-state index contributed by atoms with van der Waals surface area (Å²) < 4.78 is 32.7. The molecule has 0 fully saturated rings. The molecule has 2 aromatic carbocycles. The number of rotatable bonds is 4. The molecule has 0 spiro atoms. The van der Waals surface area contributed by atoms with Crippen molar-refractivity contribution in [2.24, 2.45) is 0 Å². The standard InChI is InChI=1S/C19H14F2N2O3/c20-13-5-11(6-14(21)8-13)10-23-18(24)17(26-19(23)25)7-12-9-22-16-4-2-1-3-15(12)16/h1-6,8-9,22,24H,7,10H2. The second-order valence-corrected chi connectivity index (χ2v) is 6.01. The Kier molecular flexibility index (Phi) is 3.84. The number of fused-ring (bicyclic) bond motifs is 1. The van der Waals surface area contributed by atoms with Crippen LogP contribution in [0.3, 0.4) is 0 Å². The first-order valence-corrected chi connectivity index (χ1v) is 7.92. The number of para-hydroxylation sites is 1. The van der Waals surface area contributed by atoms with Gasteiger partial charge in [-0.15, -0.1) is 0 Å². The number of nitrogens with one attached hydrogen (secondary N) is 1. The molecular formula is C19H14F2N2O3. The van der Waals surface area contributed by atoms with Gasteiger partial charge in [-0.3, -0.25) is 0 Å². The van der Waals surface area contributed by atoms with Crippen LogP contribution in [0.25, 0.3) is 10.9 Å². The summed E-state index contributed by atoms with van der Waals surface area (Å²) in [5.74, 6) is -2.56. The van der Waals surface area contributed by atoms with Gasteiger partial charge in [-0.2, -0.15) is 0 Å². The zero-order valence-electron chi connectivity index (χ0n) is 13.5. The second-order valence-electron chi connectivity index (χ2n) is 6.01. The van der Waals surface area contributed by atoms with E-state index in [4.69, 9.17) is 4.42 Å². The summed E-state index contributed by atoms with van der Waals surface area (Å²) in [6, 6.07) is 10.6. The topological polar surface area (TPSA) is 71.2 Å². The molecule has 26 heavy (non-hydrogen) atoms. The van der Waals surface area contributed by atoms with Crippen LogP contribution < -0.4 is 5.76 Å². The van der Waals surface area contributed by atoms with E-state index in [1.807, 2.05) is 24.3 Å². The van der Waals surface area contributed by atoms with Gasteiger partial charge < -0.3 is 14.5 Å². The minimum Gasteiger partial charge on any atom is -0.492 e. The predicted molar refractivity (Wildman–Crippen MR) is 91.2 cm³/mol. The molecule has 0 amide bonds. The largest absolute Gasteiger partial charge is 0.492 e. The molecule has 0 saturated carbocycles. The van der Waals surface area contributed by atoms with Gasteiger partial charge in [0, 0.05) is 29.6 Å². The first kappa shape index (κ1) is 16.1. The third-order valence-electron chi connectivity index (χ3n) is 4.22. The zero-order valence-corrected chi connectivity index (χ0v) is 13.5. The summed E-state index contributed by atoms with van der Waals surface area (Å²) in [6.45, 7) is -0.198. The van der Waals surface area contributed by atoms with Crippen LogP contribution in [0.15, 0.2) is 57.9 Å². The fourth-order valence-corrected chi connectivity index (χ4v) is 3.03. The molecule has 0 aliphatic carbocycles. The van der Waals surface area contributed by atoms with Gasteiger partial charge in [0.1, 0.15) is 11.6 Å². The monoisotopic (exact) mass is 356 g/mol. The average molecular weight is 356 g/mol. The molecule has 0 unspecified atom stereocenters. The van der Waals surface area contributed by atoms with Crippen molar-refractivity contribution in [3.05, 3.63) is 87.7 Å². The second kappa shape index (κ2) is 6.18. The molecule has 0 atom stereocenters. The van der Waals surface area contributed by atoms with Crippen molar-refractivity contribution in [1.82, 2.24) is 9.55 Å². The number of aromatic nitrogens is 2. The maximum atomic E-state index is 13.3. The average Bonchev–Trinajstić information content (AvgIpc) is 3.11. The lowest BCUT2D eigenvalue weighted by molar-refractivity contribution is 0.414. The quantitative estimate of drug-likeness (QED) is 0.587. The minimum atomic E-state index is -0.790. The lowest BCUT2D eigenvalue weighted by Gasteiger charge is -2.04. The predicted octanol–water partition coefficient (Wildman–Crippen LogP) is 3.55. The van der Waals surface area contributed by atoms with Crippen LogP contribution in [0, 0.1) is 11.6 Å². The van der Waals surface area contributed by atoms with Crippen LogP contribution in [-0.4, -0.2) is 14.7 Å². The molecule has 132 valence electrons. The van der Waals surface area contributed by atoms with Crippen molar-refractivity contribution in [2.45, 2.75) is 13.0 Å². The summed E-state index contributed by atoms with van der Waals surface area (Å²) in [7, 11) is 0. The fourth-order valence-electron chi connectivity index (χ4n) is 3.03. The minimum absolute atomic E-state index is 0.0941. The molecule has 2 N–H and O–H groups in total. The van der Waals surface area contributed by atoms with Crippen LogP contribution in [0.1, 0.15) is 16.9 Å². The number of benzene rings is 2. The Morgan fingerprint density at radius 2 is 1.85 bits per heavy atom. The van der Waals surface area contributed by atoms with E-state index in [0.717, 1.165) is 39.2 Å². The lowest BCUT2D eigenvalue weighted by atomic mass is 10.1. The molecule has 0 bridgehead atoms. The highest BCUT2D eigenvalue weighted by Gasteiger charge is 2.18. The van der Waals surface area contributed by atoms with Crippen molar-refractivity contribution in [3.8, 4) is 5.88 Å². The summed E-state index contributed by atoms with van der Waals surface area (Å²) in [5.41, 5.74) is 1.99. The SMILES string of the molecule is O=c1oc(Cc2c[nH]c3ccccc23)c(O)n1Cc1cc(F)cc(F)c1. The van der Waals surface area contributed by atoms with Gasteiger partial charge in [-0.1, -0.05) is 18.2 Å². The number of nitrogens with zero attached hydrogens (tertiary/aromatic N) is 1. The number of halogens is 2. The third-order valence-corrected chi connectivity index (χ3v) is 4.22. The van der Waals surface area contributed by atoms with Crippen molar-refractivity contribution in [1.29, 1.82) is 0 Å². The number of oxazole rings is 1. The van der Waals surface area contributed by atoms with Crippen LogP contribution in [-0.2, 0) is 13.0 Å². The molecule has 2 heterocycles. The van der Waals surface area contributed by atoms with Gasteiger partial charge in [-0.05, 0) is 29.3 Å². The van der Waals surface area contributed by atoms with Gasteiger partial charge in [0.15, 0.2) is 5.76 Å². The number of hydrogen-bond donors (Lipinski definition) is 2. The smallest absolute Gasteiger partial charge is 0.422 e. The number of aromatic hydroxyl groups is 1. The maximum absolute atomic E-state index is 13.3. The third kappa shape index (κ3) is 2.88. The molecule has 4 rings (SSSR count). The molecule has 0 aliphatic rings. The maximum Gasteiger partial charge on any atom is 0.422 e. The summed E-state index contributed by atoms with van der Waals surface area (Å²) >= 11 is 0. The molecule has 7 heteroatoms. The first-order chi connectivity index (χ1) is 12.5. The Morgan fingerprint density at radius 1 is 1.12 bits per heavy atom. The highest BCUT2D eigenvalue weighted by molar-refractivity contribution is 5.83. The fraction of sp³-hybridized carbons (Fsp3) is 0.105. The van der Waals surface area contributed by atoms with Crippen LogP contribution in [0.5, 0.6) is 5.88 Å². The van der Waals surface area contributed by atoms with E-state index >= 15 is 0 Å². The van der Waals surface area contributed by atoms with Crippen molar-refractivity contribution < 1.29 is 18.3 Å². The van der Waals surface area contributed by atoms with E-state index in [1.165, 1.54) is 0 Å². The molecule has 0 saturated heterocycles. The number of hydrogen-bond acceptors (Lipinski definition) is 3. The van der Waals surface area contributed by atoms with Gasteiger partial charge in [0.25, 0.3) is 0 Å². The van der Waals surface area contributed by atoms with E-state index < -0.39 is 17.4 Å². The van der Waals surface area contributed by atoms with Gasteiger partial charge in [-0.25, -0.2) is 18.1 Å². The normalized spacial score (nSPS) is 11.3. The number of H-pyrrole nitrogens is 1. The first-order valence-electron chi connectivity index (χ1n) is 7.92. The van der Waals surface area contributed by atoms with Crippen LogP contribution in [0.2, 0.25) is 0 Å². The number of aromatic amines is 1. The molecule has 4 aromatic rings. The van der Waals surface area contributed by atoms with Crippen molar-refractivity contribution in [3.63, 3.8) is 0 Å². The van der Waals surface area contributed by atoms with Crippen molar-refractivity contribution >= 4 is 10.9 Å². The molecule has 0 radical (unpaired) electrons. The highest BCUT2D eigenvalue weighted by atomic mass is 19.1.